The Bertz CT molecular complexity index is 456. The van der Waals surface area contributed by atoms with Crippen LogP contribution in [0.25, 0.3) is 0 Å². The molecule has 2 nitrogen and oxygen atoms in total. The van der Waals surface area contributed by atoms with Gasteiger partial charge in [0.25, 0.3) is 0 Å². The maximum Gasteiger partial charge on any atom is 0.416 e. The quantitative estimate of drug-likeness (QED) is 0.894. The van der Waals surface area contributed by atoms with Crippen LogP contribution in [0, 0.1) is 12.8 Å². The van der Waals surface area contributed by atoms with E-state index >= 15 is 0 Å². The molecule has 0 spiro atoms. The second-order valence-corrected chi connectivity index (χ2v) is 5.04. The van der Waals surface area contributed by atoms with Gasteiger partial charge < -0.3 is 9.84 Å². The lowest BCUT2D eigenvalue weighted by Crippen LogP contribution is -2.20. The molecule has 3 unspecified atom stereocenters. The van der Waals surface area contributed by atoms with Crippen molar-refractivity contribution in [1.82, 2.24) is 0 Å². The first kappa shape index (κ1) is 14.3. The first-order valence-corrected chi connectivity index (χ1v) is 6.28. The third kappa shape index (κ3) is 2.92. The number of aliphatic hydroxyl groups is 1. The highest BCUT2D eigenvalue weighted by molar-refractivity contribution is 5.34. The van der Waals surface area contributed by atoms with Crippen LogP contribution < -0.4 is 0 Å². The predicted molar refractivity (Wildman–Crippen MR) is 64.7 cm³/mol. The summed E-state index contributed by atoms with van der Waals surface area (Å²) in [5, 5.41) is 10.3. The van der Waals surface area contributed by atoms with Gasteiger partial charge in [0.05, 0.1) is 17.8 Å². The van der Waals surface area contributed by atoms with E-state index in [0.29, 0.717) is 17.7 Å². The Morgan fingerprint density at radius 2 is 2.05 bits per heavy atom. The summed E-state index contributed by atoms with van der Waals surface area (Å²) in [4.78, 5) is 0. The van der Waals surface area contributed by atoms with Crippen LogP contribution in [0.5, 0.6) is 0 Å². The van der Waals surface area contributed by atoms with Gasteiger partial charge in [0.15, 0.2) is 0 Å². The second kappa shape index (κ2) is 5.13. The van der Waals surface area contributed by atoms with Gasteiger partial charge in [0, 0.05) is 12.5 Å². The van der Waals surface area contributed by atoms with E-state index in [4.69, 9.17) is 4.74 Å². The number of hydrogen-bond acceptors (Lipinski definition) is 2. The van der Waals surface area contributed by atoms with Gasteiger partial charge in [0.2, 0.25) is 0 Å². The van der Waals surface area contributed by atoms with Crippen molar-refractivity contribution in [2.24, 2.45) is 5.92 Å². The highest BCUT2D eigenvalue weighted by Crippen LogP contribution is 2.36. The van der Waals surface area contributed by atoms with Crippen molar-refractivity contribution in [2.75, 3.05) is 6.61 Å². The Balaban J connectivity index is 2.26. The largest absolute Gasteiger partial charge is 0.416 e. The minimum Gasteiger partial charge on any atom is -0.388 e. The SMILES string of the molecule is Cc1cc(C(F)(F)F)ccc1C(O)C1CCOC1C. The fourth-order valence-corrected chi connectivity index (χ4v) is 2.58. The van der Waals surface area contributed by atoms with E-state index in [0.717, 1.165) is 18.6 Å². The standard InChI is InChI=1S/C14H17F3O2/c1-8-7-10(14(15,16)17)3-4-11(8)13(18)12-5-6-19-9(12)2/h3-4,7,9,12-13,18H,5-6H2,1-2H3. The zero-order chi connectivity index (χ0) is 14.2. The molecule has 19 heavy (non-hydrogen) atoms. The maximum absolute atomic E-state index is 12.6. The predicted octanol–water partition coefficient (Wildman–Crippen LogP) is 3.47. The van der Waals surface area contributed by atoms with E-state index in [2.05, 4.69) is 0 Å². The first-order chi connectivity index (χ1) is 8.80. The van der Waals surface area contributed by atoms with Crippen molar-refractivity contribution in [2.45, 2.75) is 38.7 Å². The number of halogens is 3. The van der Waals surface area contributed by atoms with E-state index in [9.17, 15) is 18.3 Å². The third-order valence-corrected chi connectivity index (χ3v) is 3.76. The molecule has 1 fully saturated rings. The zero-order valence-electron chi connectivity index (χ0n) is 10.9. The molecular weight excluding hydrogens is 257 g/mol. The lowest BCUT2D eigenvalue weighted by atomic mass is 9.88. The lowest BCUT2D eigenvalue weighted by Gasteiger charge is -2.23. The molecule has 1 aliphatic rings. The monoisotopic (exact) mass is 274 g/mol. The highest BCUT2D eigenvalue weighted by Gasteiger charge is 2.34. The van der Waals surface area contributed by atoms with Gasteiger partial charge in [-0.3, -0.25) is 0 Å². The van der Waals surface area contributed by atoms with E-state index in [1.807, 2.05) is 6.92 Å². The molecule has 1 aliphatic heterocycles. The summed E-state index contributed by atoms with van der Waals surface area (Å²) in [5.74, 6) is -0.0598. The Labute approximate surface area is 110 Å². The Morgan fingerprint density at radius 1 is 1.37 bits per heavy atom. The fraction of sp³-hybridized carbons (Fsp3) is 0.571. The smallest absolute Gasteiger partial charge is 0.388 e. The van der Waals surface area contributed by atoms with Crippen molar-refractivity contribution in [1.29, 1.82) is 0 Å². The van der Waals surface area contributed by atoms with Gasteiger partial charge in [0.1, 0.15) is 0 Å². The van der Waals surface area contributed by atoms with Crippen LogP contribution in [0.2, 0.25) is 0 Å². The summed E-state index contributed by atoms with van der Waals surface area (Å²) in [6.07, 6.45) is -4.47. The number of rotatable bonds is 2. The number of ether oxygens (including phenoxy) is 1. The van der Waals surface area contributed by atoms with Crippen LogP contribution in [-0.4, -0.2) is 17.8 Å². The topological polar surface area (TPSA) is 29.5 Å². The number of benzene rings is 1. The van der Waals surface area contributed by atoms with Gasteiger partial charge in [-0.15, -0.1) is 0 Å². The molecule has 1 aromatic rings. The minimum absolute atomic E-state index is 0.0598. The molecular formula is C14H17F3O2. The van der Waals surface area contributed by atoms with Crippen LogP contribution in [0.4, 0.5) is 13.2 Å². The van der Waals surface area contributed by atoms with Crippen LogP contribution in [0.15, 0.2) is 18.2 Å². The van der Waals surface area contributed by atoms with Crippen molar-refractivity contribution < 1.29 is 23.0 Å². The van der Waals surface area contributed by atoms with E-state index < -0.39 is 17.8 Å². The molecule has 1 aromatic carbocycles. The number of aliphatic hydroxyl groups excluding tert-OH is 1. The van der Waals surface area contributed by atoms with Crippen molar-refractivity contribution >= 4 is 0 Å². The Morgan fingerprint density at radius 3 is 2.53 bits per heavy atom. The molecule has 0 bridgehead atoms. The van der Waals surface area contributed by atoms with E-state index in [1.54, 1.807) is 6.92 Å². The molecule has 1 saturated heterocycles. The summed E-state index contributed by atoms with van der Waals surface area (Å²) < 4.78 is 43.1. The first-order valence-electron chi connectivity index (χ1n) is 6.28. The van der Waals surface area contributed by atoms with Crippen LogP contribution >= 0.6 is 0 Å². The minimum atomic E-state index is -4.35. The van der Waals surface area contributed by atoms with Gasteiger partial charge in [-0.1, -0.05) is 6.07 Å². The number of aryl methyl sites for hydroxylation is 1. The molecule has 0 amide bonds. The summed E-state index contributed by atoms with van der Waals surface area (Å²) in [5.41, 5.74) is 0.327. The van der Waals surface area contributed by atoms with E-state index in [1.165, 1.54) is 6.07 Å². The normalized spacial score (nSPS) is 25.6. The summed E-state index contributed by atoms with van der Waals surface area (Å²) in [6.45, 7) is 4.05. The third-order valence-electron chi connectivity index (χ3n) is 3.76. The van der Waals surface area contributed by atoms with E-state index in [-0.39, 0.29) is 12.0 Å². The molecule has 0 radical (unpaired) electrons. The Hall–Kier alpha value is -1.07. The number of alkyl halides is 3. The van der Waals surface area contributed by atoms with Crippen molar-refractivity contribution in [3.05, 3.63) is 34.9 Å². The average Bonchev–Trinajstić information content (AvgIpc) is 2.73. The molecule has 0 aliphatic carbocycles. The highest BCUT2D eigenvalue weighted by atomic mass is 19.4. The van der Waals surface area contributed by atoms with Crippen molar-refractivity contribution in [3.63, 3.8) is 0 Å². The van der Waals surface area contributed by atoms with Gasteiger partial charge in [-0.25, -0.2) is 0 Å². The summed E-state index contributed by atoms with van der Waals surface area (Å²) in [6, 6.07) is 3.47. The van der Waals surface area contributed by atoms with Gasteiger partial charge in [-0.2, -0.15) is 13.2 Å². The van der Waals surface area contributed by atoms with Crippen LogP contribution in [0.3, 0.4) is 0 Å². The lowest BCUT2D eigenvalue weighted by molar-refractivity contribution is -0.137. The van der Waals surface area contributed by atoms with Gasteiger partial charge in [-0.05, 0) is 43.5 Å². The van der Waals surface area contributed by atoms with Crippen LogP contribution in [-0.2, 0) is 10.9 Å². The molecule has 1 N–H and O–H groups in total. The molecule has 0 saturated carbocycles. The molecule has 1 heterocycles. The Kier molecular flexibility index (Phi) is 3.87. The molecule has 5 heteroatoms. The second-order valence-electron chi connectivity index (χ2n) is 5.04. The fourth-order valence-electron chi connectivity index (χ4n) is 2.58. The van der Waals surface area contributed by atoms with Gasteiger partial charge >= 0.3 is 6.18 Å². The average molecular weight is 274 g/mol. The van der Waals surface area contributed by atoms with Crippen LogP contribution in [0.1, 0.15) is 36.1 Å². The maximum atomic E-state index is 12.6. The molecule has 0 aromatic heterocycles. The zero-order valence-corrected chi connectivity index (χ0v) is 10.9. The summed E-state index contributed by atoms with van der Waals surface area (Å²) >= 11 is 0. The van der Waals surface area contributed by atoms with Crippen molar-refractivity contribution in [3.8, 4) is 0 Å². The molecule has 2 rings (SSSR count). The molecule has 3 atom stereocenters. The number of hydrogen-bond donors (Lipinski definition) is 1. The molecule has 106 valence electrons. The summed E-state index contributed by atoms with van der Waals surface area (Å²) in [7, 11) is 0.